The van der Waals surface area contributed by atoms with Crippen LogP contribution in [0.5, 0.6) is 5.75 Å². The molecule has 1 heterocycles. The number of nitrogens with zero attached hydrogens (tertiary/aromatic N) is 2. The van der Waals surface area contributed by atoms with Crippen molar-refractivity contribution in [1.29, 1.82) is 0 Å². The first kappa shape index (κ1) is 13.1. The summed E-state index contributed by atoms with van der Waals surface area (Å²) < 4.78 is 7.07. The van der Waals surface area contributed by atoms with Crippen LogP contribution in [0.3, 0.4) is 0 Å². The van der Waals surface area contributed by atoms with Crippen LogP contribution in [0.2, 0.25) is 0 Å². The maximum Gasteiger partial charge on any atom is 0.185 e. The highest BCUT2D eigenvalue weighted by Crippen LogP contribution is 2.14. The molecular formula is C15H16N2O2. The van der Waals surface area contributed by atoms with E-state index in [2.05, 4.69) is 5.10 Å². The standard InChI is InChI=1S/C15H16N2O2/c1-3-19-14-6-4-5-13(9-14)15(18)8-7-12-10-16-17(2)11-12/h4-11H,3H2,1-2H3. The molecule has 0 aliphatic rings. The van der Waals surface area contributed by atoms with Crippen LogP contribution in [-0.4, -0.2) is 22.2 Å². The number of hydrogen-bond donors (Lipinski definition) is 0. The number of aromatic nitrogens is 2. The summed E-state index contributed by atoms with van der Waals surface area (Å²) in [5, 5.41) is 4.04. The number of allylic oxidation sites excluding steroid dienone is 1. The molecule has 4 nitrogen and oxygen atoms in total. The highest BCUT2D eigenvalue weighted by atomic mass is 16.5. The van der Waals surface area contributed by atoms with Gasteiger partial charge in [0.1, 0.15) is 5.75 Å². The number of hydrogen-bond acceptors (Lipinski definition) is 3. The number of ketones is 1. The first-order valence-corrected chi connectivity index (χ1v) is 6.13. The zero-order chi connectivity index (χ0) is 13.7. The van der Waals surface area contributed by atoms with Crippen molar-refractivity contribution >= 4 is 11.9 Å². The normalized spacial score (nSPS) is 10.8. The van der Waals surface area contributed by atoms with Gasteiger partial charge in [-0.25, -0.2) is 0 Å². The average molecular weight is 256 g/mol. The van der Waals surface area contributed by atoms with Crippen molar-refractivity contribution in [1.82, 2.24) is 9.78 Å². The van der Waals surface area contributed by atoms with Gasteiger partial charge in [-0.05, 0) is 31.2 Å². The predicted octanol–water partition coefficient (Wildman–Crippen LogP) is 2.71. The molecule has 4 heteroatoms. The van der Waals surface area contributed by atoms with Crippen LogP contribution < -0.4 is 4.74 Å². The van der Waals surface area contributed by atoms with Crippen LogP contribution >= 0.6 is 0 Å². The molecule has 0 bridgehead atoms. The Morgan fingerprint density at radius 3 is 3.00 bits per heavy atom. The third-order valence-electron chi connectivity index (χ3n) is 2.58. The number of carbonyl (C=O) groups is 1. The Hall–Kier alpha value is -2.36. The fourth-order valence-electron chi connectivity index (χ4n) is 1.70. The van der Waals surface area contributed by atoms with E-state index in [1.165, 1.54) is 0 Å². The second-order valence-electron chi connectivity index (χ2n) is 4.11. The van der Waals surface area contributed by atoms with Crippen LogP contribution in [0.4, 0.5) is 0 Å². The van der Waals surface area contributed by atoms with Gasteiger partial charge in [-0.3, -0.25) is 9.48 Å². The van der Waals surface area contributed by atoms with Gasteiger partial charge in [0.25, 0.3) is 0 Å². The largest absolute Gasteiger partial charge is 0.494 e. The molecule has 19 heavy (non-hydrogen) atoms. The molecule has 0 atom stereocenters. The molecule has 1 aromatic heterocycles. The fraction of sp³-hybridized carbons (Fsp3) is 0.200. The lowest BCUT2D eigenvalue weighted by Gasteiger charge is -2.03. The summed E-state index contributed by atoms with van der Waals surface area (Å²) in [5.41, 5.74) is 1.52. The minimum Gasteiger partial charge on any atom is -0.494 e. The van der Waals surface area contributed by atoms with Gasteiger partial charge in [-0.1, -0.05) is 12.1 Å². The predicted molar refractivity (Wildman–Crippen MR) is 74.2 cm³/mol. The molecule has 0 N–H and O–H groups in total. The van der Waals surface area contributed by atoms with Crippen LogP contribution in [-0.2, 0) is 7.05 Å². The summed E-state index contributed by atoms with van der Waals surface area (Å²) in [6, 6.07) is 7.18. The summed E-state index contributed by atoms with van der Waals surface area (Å²) in [4.78, 5) is 12.0. The van der Waals surface area contributed by atoms with E-state index < -0.39 is 0 Å². The Bertz CT molecular complexity index is 600. The van der Waals surface area contributed by atoms with E-state index in [0.717, 1.165) is 5.56 Å². The minimum atomic E-state index is -0.0505. The third kappa shape index (κ3) is 3.55. The smallest absolute Gasteiger partial charge is 0.185 e. The van der Waals surface area contributed by atoms with Crippen LogP contribution in [0.15, 0.2) is 42.7 Å². The van der Waals surface area contributed by atoms with Gasteiger partial charge in [0, 0.05) is 24.4 Å². The monoisotopic (exact) mass is 256 g/mol. The maximum atomic E-state index is 12.0. The summed E-state index contributed by atoms with van der Waals surface area (Å²) in [6.45, 7) is 2.50. The lowest BCUT2D eigenvalue weighted by atomic mass is 10.1. The molecule has 2 aromatic rings. The average Bonchev–Trinajstić information content (AvgIpc) is 2.82. The maximum absolute atomic E-state index is 12.0. The zero-order valence-electron chi connectivity index (χ0n) is 11.0. The number of rotatable bonds is 5. The van der Waals surface area contributed by atoms with Gasteiger partial charge in [0.2, 0.25) is 0 Å². The van der Waals surface area contributed by atoms with Crippen LogP contribution in [0, 0.1) is 0 Å². The molecule has 0 aliphatic heterocycles. The molecule has 0 aliphatic carbocycles. The van der Waals surface area contributed by atoms with E-state index in [0.29, 0.717) is 17.9 Å². The first-order valence-electron chi connectivity index (χ1n) is 6.13. The molecule has 0 amide bonds. The summed E-state index contributed by atoms with van der Waals surface area (Å²) >= 11 is 0. The van der Waals surface area contributed by atoms with E-state index in [1.807, 2.05) is 32.3 Å². The first-order chi connectivity index (χ1) is 9.19. The van der Waals surface area contributed by atoms with Crippen LogP contribution in [0.1, 0.15) is 22.8 Å². The molecule has 0 saturated heterocycles. The second kappa shape index (κ2) is 6.00. The van der Waals surface area contributed by atoms with Gasteiger partial charge in [0.05, 0.1) is 12.8 Å². The quantitative estimate of drug-likeness (QED) is 0.610. The molecule has 0 unspecified atom stereocenters. The van der Waals surface area contributed by atoms with Crippen LogP contribution in [0.25, 0.3) is 6.08 Å². The summed E-state index contributed by atoms with van der Waals surface area (Å²) in [6.07, 6.45) is 6.85. The van der Waals surface area contributed by atoms with E-state index in [1.54, 1.807) is 35.2 Å². The highest BCUT2D eigenvalue weighted by molar-refractivity contribution is 6.07. The molecule has 0 saturated carbocycles. The molecule has 0 radical (unpaired) electrons. The van der Waals surface area contributed by atoms with E-state index in [9.17, 15) is 4.79 Å². The van der Waals surface area contributed by atoms with Crippen molar-refractivity contribution in [2.24, 2.45) is 7.05 Å². The molecule has 2 rings (SSSR count). The van der Waals surface area contributed by atoms with Gasteiger partial charge in [-0.2, -0.15) is 5.10 Å². The molecule has 0 fully saturated rings. The van der Waals surface area contributed by atoms with Crippen molar-refractivity contribution < 1.29 is 9.53 Å². The van der Waals surface area contributed by atoms with Crippen molar-refractivity contribution in [2.45, 2.75) is 6.92 Å². The Labute approximate surface area is 112 Å². The number of ether oxygens (including phenoxy) is 1. The number of aryl methyl sites for hydroxylation is 1. The van der Waals surface area contributed by atoms with E-state index >= 15 is 0 Å². The zero-order valence-corrected chi connectivity index (χ0v) is 11.0. The molecule has 1 aromatic carbocycles. The van der Waals surface area contributed by atoms with Crippen molar-refractivity contribution in [3.8, 4) is 5.75 Å². The Kier molecular flexibility index (Phi) is 4.13. The van der Waals surface area contributed by atoms with Crippen molar-refractivity contribution in [3.05, 3.63) is 53.9 Å². The molecule has 0 spiro atoms. The Morgan fingerprint density at radius 2 is 2.32 bits per heavy atom. The topological polar surface area (TPSA) is 44.1 Å². The van der Waals surface area contributed by atoms with E-state index in [-0.39, 0.29) is 5.78 Å². The van der Waals surface area contributed by atoms with Gasteiger partial charge in [0.15, 0.2) is 5.78 Å². The lowest BCUT2D eigenvalue weighted by Crippen LogP contribution is -1.96. The number of carbonyl (C=O) groups excluding carboxylic acids is 1. The summed E-state index contributed by atoms with van der Waals surface area (Å²) in [5.74, 6) is 0.661. The Balaban J connectivity index is 2.11. The van der Waals surface area contributed by atoms with Gasteiger partial charge in [-0.15, -0.1) is 0 Å². The lowest BCUT2D eigenvalue weighted by molar-refractivity contribution is 0.104. The van der Waals surface area contributed by atoms with E-state index in [4.69, 9.17) is 4.74 Å². The Morgan fingerprint density at radius 1 is 1.47 bits per heavy atom. The fourth-order valence-corrected chi connectivity index (χ4v) is 1.70. The molecular weight excluding hydrogens is 240 g/mol. The van der Waals surface area contributed by atoms with Gasteiger partial charge < -0.3 is 4.74 Å². The second-order valence-corrected chi connectivity index (χ2v) is 4.11. The SMILES string of the molecule is CCOc1cccc(C(=O)C=Cc2cnn(C)c2)c1. The van der Waals surface area contributed by atoms with Crippen molar-refractivity contribution in [3.63, 3.8) is 0 Å². The van der Waals surface area contributed by atoms with Crippen molar-refractivity contribution in [2.75, 3.05) is 6.61 Å². The third-order valence-corrected chi connectivity index (χ3v) is 2.58. The highest BCUT2D eigenvalue weighted by Gasteiger charge is 2.03. The minimum absolute atomic E-state index is 0.0505. The summed E-state index contributed by atoms with van der Waals surface area (Å²) in [7, 11) is 1.84. The molecule has 98 valence electrons. The number of benzene rings is 1. The van der Waals surface area contributed by atoms with Gasteiger partial charge >= 0.3 is 0 Å².